The van der Waals surface area contributed by atoms with E-state index >= 15 is 0 Å². The number of hydrogen-bond donors (Lipinski definition) is 1. The number of carbonyl (C=O) groups excluding carboxylic acids is 1. The number of hydrazone groups is 1. The summed E-state index contributed by atoms with van der Waals surface area (Å²) in [5, 5.41) is 16.5. The molecule has 9 heteroatoms. The largest absolute Gasteiger partial charge is 0.497 e. The number of carbonyl (C=O) groups is 2. The molecule has 1 N–H and O–H groups in total. The van der Waals surface area contributed by atoms with Crippen molar-refractivity contribution in [1.82, 2.24) is 9.99 Å². The molecule has 0 radical (unpaired) electrons. The van der Waals surface area contributed by atoms with Crippen LogP contribution in [0.1, 0.15) is 36.4 Å². The molecular weight excluding hydrogens is 453 g/mol. The van der Waals surface area contributed by atoms with Crippen molar-refractivity contribution in [3.63, 3.8) is 0 Å². The molecule has 0 saturated carbocycles. The first kappa shape index (κ1) is 22.0. The van der Waals surface area contributed by atoms with Crippen LogP contribution in [0.4, 0.5) is 0 Å². The van der Waals surface area contributed by atoms with Gasteiger partial charge in [0.15, 0.2) is 0 Å². The molecule has 0 fully saturated rings. The third-order valence-corrected chi connectivity index (χ3v) is 5.81. The first-order valence-electron chi connectivity index (χ1n) is 9.87. The van der Waals surface area contributed by atoms with Crippen molar-refractivity contribution in [2.24, 2.45) is 5.10 Å². The fourth-order valence-electron chi connectivity index (χ4n) is 3.64. The van der Waals surface area contributed by atoms with Gasteiger partial charge in [-0.05, 0) is 42.0 Å². The highest BCUT2D eigenvalue weighted by Crippen LogP contribution is 2.38. The lowest BCUT2D eigenvalue weighted by Crippen LogP contribution is -2.27. The quantitative estimate of drug-likeness (QED) is 0.505. The molecule has 0 spiro atoms. The van der Waals surface area contributed by atoms with Crippen LogP contribution >= 0.6 is 23.2 Å². The number of aliphatic carboxylic acids is 1. The summed E-state index contributed by atoms with van der Waals surface area (Å²) in [5.74, 6) is -0.775. The normalized spacial score (nSPS) is 15.7. The van der Waals surface area contributed by atoms with Gasteiger partial charge in [0.2, 0.25) is 5.91 Å². The van der Waals surface area contributed by atoms with E-state index in [-0.39, 0.29) is 18.0 Å². The topological polar surface area (TPSA) is 92.1 Å². The Kier molecular flexibility index (Phi) is 6.30. The van der Waals surface area contributed by atoms with Gasteiger partial charge in [-0.15, -0.1) is 0 Å². The van der Waals surface area contributed by atoms with E-state index in [1.807, 2.05) is 30.3 Å². The number of halogens is 2. The summed E-state index contributed by atoms with van der Waals surface area (Å²) in [4.78, 5) is 28.4. The predicted octanol–water partition coefficient (Wildman–Crippen LogP) is 5.09. The number of hydrogen-bond acceptors (Lipinski definition) is 5. The van der Waals surface area contributed by atoms with Crippen LogP contribution in [-0.2, 0) is 9.59 Å². The number of aromatic nitrogens is 1. The molecule has 1 atom stereocenters. The van der Waals surface area contributed by atoms with E-state index in [1.165, 1.54) is 5.01 Å². The minimum Gasteiger partial charge on any atom is -0.497 e. The summed E-state index contributed by atoms with van der Waals surface area (Å²) in [6, 6.07) is 14.0. The molecule has 0 saturated heterocycles. The molecule has 2 aromatic carbocycles. The molecule has 32 heavy (non-hydrogen) atoms. The maximum Gasteiger partial charge on any atom is 0.303 e. The lowest BCUT2D eigenvalue weighted by molar-refractivity contribution is -0.141. The first-order chi connectivity index (χ1) is 15.4. The van der Waals surface area contributed by atoms with Gasteiger partial charge in [-0.25, -0.2) is 9.99 Å². The van der Waals surface area contributed by atoms with Crippen molar-refractivity contribution in [1.29, 1.82) is 0 Å². The van der Waals surface area contributed by atoms with E-state index < -0.39 is 17.9 Å². The predicted molar refractivity (Wildman–Crippen MR) is 122 cm³/mol. The first-order valence-corrected chi connectivity index (χ1v) is 10.6. The molecule has 1 aliphatic rings. The van der Waals surface area contributed by atoms with Crippen LogP contribution < -0.4 is 4.74 Å². The Morgan fingerprint density at radius 3 is 2.56 bits per heavy atom. The van der Waals surface area contributed by atoms with Crippen LogP contribution in [0.2, 0.25) is 10.2 Å². The molecule has 4 rings (SSSR count). The number of carboxylic acids is 1. The Labute approximate surface area is 194 Å². The van der Waals surface area contributed by atoms with Gasteiger partial charge in [-0.1, -0.05) is 35.3 Å². The van der Waals surface area contributed by atoms with Crippen LogP contribution in [0, 0.1) is 0 Å². The molecular formula is C23H19Cl2N3O4. The standard InChI is InChI=1S/C23H19Cl2N3O4/c1-32-16-6-7-18-14(10-16)11-17(23(25)26-18)20-12-19(13-2-4-15(24)5-3-13)27-28(20)21(29)8-9-22(30)31/h2-7,10-11,20H,8-9,12H2,1H3,(H,30,31)/t20-/m1/s1. The second-order valence-electron chi connectivity index (χ2n) is 7.33. The van der Waals surface area contributed by atoms with Crippen molar-refractivity contribution in [3.8, 4) is 5.75 Å². The Balaban J connectivity index is 1.74. The molecule has 3 aromatic rings. The Morgan fingerprint density at radius 2 is 1.88 bits per heavy atom. The summed E-state index contributed by atoms with van der Waals surface area (Å²) in [6.45, 7) is 0. The van der Waals surface area contributed by atoms with E-state index in [1.54, 1.807) is 25.3 Å². The average Bonchev–Trinajstić information content (AvgIpc) is 3.22. The number of amides is 1. The number of fused-ring (bicyclic) bond motifs is 1. The summed E-state index contributed by atoms with van der Waals surface area (Å²) in [6.07, 6.45) is -0.0538. The molecule has 2 heterocycles. The molecule has 1 aromatic heterocycles. The van der Waals surface area contributed by atoms with E-state index in [4.69, 9.17) is 33.0 Å². The maximum atomic E-state index is 12.9. The minimum atomic E-state index is -1.05. The van der Waals surface area contributed by atoms with E-state index in [9.17, 15) is 9.59 Å². The number of rotatable bonds is 6. The van der Waals surface area contributed by atoms with Gasteiger partial charge in [-0.3, -0.25) is 9.59 Å². The van der Waals surface area contributed by atoms with Gasteiger partial charge < -0.3 is 9.84 Å². The van der Waals surface area contributed by atoms with Gasteiger partial charge in [0, 0.05) is 28.8 Å². The number of carboxylic acid groups (broad SMARTS) is 1. The number of benzene rings is 2. The maximum absolute atomic E-state index is 12.9. The van der Waals surface area contributed by atoms with Crippen LogP contribution in [0.5, 0.6) is 5.75 Å². The number of methoxy groups -OCH3 is 1. The fraction of sp³-hybridized carbons (Fsp3) is 0.217. The van der Waals surface area contributed by atoms with E-state index in [0.717, 1.165) is 10.9 Å². The third-order valence-electron chi connectivity index (χ3n) is 5.26. The summed E-state index contributed by atoms with van der Waals surface area (Å²) < 4.78 is 5.30. The molecule has 1 aliphatic heterocycles. The van der Waals surface area contributed by atoms with Gasteiger partial charge in [0.05, 0.1) is 30.8 Å². The minimum absolute atomic E-state index is 0.171. The third kappa shape index (κ3) is 4.54. The SMILES string of the molecule is COc1ccc2nc(Cl)c([C@H]3CC(c4ccc(Cl)cc4)=NN3C(=O)CCC(=O)O)cc2c1. The molecule has 0 aliphatic carbocycles. The Hall–Kier alpha value is -3.16. The van der Waals surface area contributed by atoms with Crippen molar-refractivity contribution >= 4 is 51.7 Å². The number of nitrogens with zero attached hydrogens (tertiary/aromatic N) is 3. The zero-order chi connectivity index (χ0) is 22.8. The summed E-state index contributed by atoms with van der Waals surface area (Å²) >= 11 is 12.5. The second kappa shape index (κ2) is 9.14. The van der Waals surface area contributed by atoms with Crippen LogP contribution in [0.3, 0.4) is 0 Å². The average molecular weight is 472 g/mol. The van der Waals surface area contributed by atoms with Gasteiger partial charge in [-0.2, -0.15) is 5.10 Å². The van der Waals surface area contributed by atoms with Gasteiger partial charge >= 0.3 is 5.97 Å². The zero-order valence-corrected chi connectivity index (χ0v) is 18.6. The second-order valence-corrected chi connectivity index (χ2v) is 8.13. The molecule has 164 valence electrons. The van der Waals surface area contributed by atoms with Crippen molar-refractivity contribution < 1.29 is 19.4 Å². The summed E-state index contributed by atoms with van der Waals surface area (Å²) in [5.41, 5.74) is 2.82. The monoisotopic (exact) mass is 471 g/mol. The molecule has 7 nitrogen and oxygen atoms in total. The van der Waals surface area contributed by atoms with Crippen molar-refractivity contribution in [3.05, 3.63) is 69.8 Å². The van der Waals surface area contributed by atoms with Gasteiger partial charge in [0.25, 0.3) is 0 Å². The smallest absolute Gasteiger partial charge is 0.303 e. The molecule has 0 unspecified atom stereocenters. The van der Waals surface area contributed by atoms with Crippen molar-refractivity contribution in [2.45, 2.75) is 25.3 Å². The Bertz CT molecular complexity index is 1230. The van der Waals surface area contributed by atoms with Gasteiger partial charge in [0.1, 0.15) is 10.9 Å². The highest BCUT2D eigenvalue weighted by Gasteiger charge is 2.35. The van der Waals surface area contributed by atoms with Crippen molar-refractivity contribution in [2.75, 3.05) is 7.11 Å². The number of ether oxygens (including phenoxy) is 1. The fourth-order valence-corrected chi connectivity index (χ4v) is 4.03. The highest BCUT2D eigenvalue weighted by molar-refractivity contribution is 6.31. The lowest BCUT2D eigenvalue weighted by atomic mass is 9.98. The molecule has 0 bridgehead atoms. The van der Waals surface area contributed by atoms with E-state index in [0.29, 0.717) is 34.0 Å². The van der Waals surface area contributed by atoms with Crippen LogP contribution in [0.25, 0.3) is 10.9 Å². The zero-order valence-electron chi connectivity index (χ0n) is 17.1. The summed E-state index contributed by atoms with van der Waals surface area (Å²) in [7, 11) is 1.58. The van der Waals surface area contributed by atoms with Crippen LogP contribution in [-0.4, -0.2) is 39.8 Å². The lowest BCUT2D eigenvalue weighted by Gasteiger charge is -2.23. The molecule has 1 amide bonds. The highest BCUT2D eigenvalue weighted by atomic mass is 35.5. The van der Waals surface area contributed by atoms with Crippen LogP contribution in [0.15, 0.2) is 53.6 Å². The Morgan fingerprint density at radius 1 is 1.12 bits per heavy atom. The van der Waals surface area contributed by atoms with E-state index in [2.05, 4.69) is 10.1 Å². The number of pyridine rings is 1.